The lowest BCUT2D eigenvalue weighted by molar-refractivity contribution is 0.489. The van der Waals surface area contributed by atoms with Crippen LogP contribution in [0.25, 0.3) is 11.1 Å². The Labute approximate surface area is 154 Å². The number of rotatable bonds is 2. The van der Waals surface area contributed by atoms with Crippen molar-refractivity contribution >= 4 is 0 Å². The van der Waals surface area contributed by atoms with Gasteiger partial charge in [-0.05, 0) is 57.1 Å². The number of benzene rings is 2. The Hall–Kier alpha value is -1.56. The first-order valence-corrected chi connectivity index (χ1v) is 9.85. The van der Waals surface area contributed by atoms with Gasteiger partial charge in [-0.1, -0.05) is 91.8 Å². The van der Waals surface area contributed by atoms with Crippen LogP contribution in [0.1, 0.15) is 90.5 Å². The van der Waals surface area contributed by atoms with E-state index < -0.39 is 0 Å². The summed E-state index contributed by atoms with van der Waals surface area (Å²) in [7, 11) is 0. The zero-order valence-corrected chi connectivity index (χ0v) is 17.4. The predicted octanol–water partition coefficient (Wildman–Crippen LogP) is 7.37. The maximum absolute atomic E-state index is 2.47. The number of hydrogen-bond acceptors (Lipinski definition) is 0. The molecule has 0 unspecified atom stereocenters. The van der Waals surface area contributed by atoms with Gasteiger partial charge in [-0.2, -0.15) is 0 Å². The first-order chi connectivity index (χ1) is 11.5. The van der Waals surface area contributed by atoms with Gasteiger partial charge in [0, 0.05) is 5.41 Å². The normalized spacial score (nSPS) is 15.8. The van der Waals surface area contributed by atoms with Gasteiger partial charge in [0.05, 0.1) is 0 Å². The van der Waals surface area contributed by atoms with Gasteiger partial charge in [-0.3, -0.25) is 0 Å². The molecule has 25 heavy (non-hydrogen) atoms. The molecule has 1 aliphatic rings. The first-order valence-electron chi connectivity index (χ1n) is 9.85. The van der Waals surface area contributed by atoms with Crippen LogP contribution in [0.3, 0.4) is 0 Å². The van der Waals surface area contributed by atoms with Crippen molar-refractivity contribution in [3.05, 3.63) is 58.7 Å². The standard InChI is InChI=1S/C25H34/c1-9-25(10-2)21-13-11-17(23(3,4)5)15-19(21)20-16-18(24(6,7)8)12-14-22(20)25/h11-16H,9-10H2,1-8H3. The molecule has 0 heteroatoms. The second kappa shape index (κ2) is 5.73. The van der Waals surface area contributed by atoms with Crippen molar-refractivity contribution in [2.75, 3.05) is 0 Å². The summed E-state index contributed by atoms with van der Waals surface area (Å²) in [6.45, 7) is 18.5. The lowest BCUT2D eigenvalue weighted by atomic mass is 9.73. The monoisotopic (exact) mass is 334 g/mol. The summed E-state index contributed by atoms with van der Waals surface area (Å²) in [6.07, 6.45) is 2.32. The van der Waals surface area contributed by atoms with E-state index in [9.17, 15) is 0 Å². The molecule has 3 rings (SSSR count). The predicted molar refractivity (Wildman–Crippen MR) is 111 cm³/mol. The van der Waals surface area contributed by atoms with Gasteiger partial charge >= 0.3 is 0 Å². The molecule has 0 aromatic heterocycles. The molecule has 0 aliphatic heterocycles. The molecule has 0 saturated heterocycles. The third kappa shape index (κ3) is 2.75. The Balaban J connectivity index is 2.33. The van der Waals surface area contributed by atoms with Crippen molar-refractivity contribution in [3.63, 3.8) is 0 Å². The minimum Gasteiger partial charge on any atom is -0.0642 e. The molecule has 0 saturated carbocycles. The highest BCUT2D eigenvalue weighted by Gasteiger charge is 2.41. The summed E-state index contributed by atoms with van der Waals surface area (Å²) in [5, 5.41) is 0. The molecule has 0 atom stereocenters. The first kappa shape index (κ1) is 18.2. The maximum atomic E-state index is 2.47. The van der Waals surface area contributed by atoms with Crippen molar-refractivity contribution in [1.29, 1.82) is 0 Å². The van der Waals surface area contributed by atoms with Crippen LogP contribution in [-0.4, -0.2) is 0 Å². The highest BCUT2D eigenvalue weighted by Crippen LogP contribution is 2.54. The molecule has 0 heterocycles. The van der Waals surface area contributed by atoms with E-state index in [0.717, 1.165) is 12.8 Å². The topological polar surface area (TPSA) is 0 Å². The summed E-state index contributed by atoms with van der Waals surface area (Å²) in [5.74, 6) is 0. The van der Waals surface area contributed by atoms with Crippen LogP contribution < -0.4 is 0 Å². The minimum atomic E-state index is 0.178. The molecule has 0 nitrogen and oxygen atoms in total. The Bertz CT molecular complexity index is 724. The van der Waals surface area contributed by atoms with E-state index in [1.165, 1.54) is 33.4 Å². The van der Waals surface area contributed by atoms with Crippen molar-refractivity contribution in [1.82, 2.24) is 0 Å². The van der Waals surface area contributed by atoms with Crippen molar-refractivity contribution in [2.45, 2.75) is 84.5 Å². The zero-order chi connectivity index (χ0) is 18.6. The van der Waals surface area contributed by atoms with Crippen LogP contribution in [0, 0.1) is 0 Å². The minimum absolute atomic E-state index is 0.178. The van der Waals surface area contributed by atoms with Crippen LogP contribution in [0.4, 0.5) is 0 Å². The molecule has 0 spiro atoms. The van der Waals surface area contributed by atoms with Gasteiger partial charge < -0.3 is 0 Å². The second-order valence-corrected chi connectivity index (χ2v) is 9.81. The second-order valence-electron chi connectivity index (χ2n) is 9.81. The summed E-state index contributed by atoms with van der Waals surface area (Å²) < 4.78 is 0. The zero-order valence-electron chi connectivity index (χ0n) is 17.4. The summed E-state index contributed by atoms with van der Waals surface area (Å²) >= 11 is 0. The van der Waals surface area contributed by atoms with Crippen molar-refractivity contribution in [2.24, 2.45) is 0 Å². The lowest BCUT2D eigenvalue weighted by Crippen LogP contribution is -2.23. The molecule has 0 radical (unpaired) electrons. The van der Waals surface area contributed by atoms with Crippen molar-refractivity contribution in [3.8, 4) is 11.1 Å². The fraction of sp³-hybridized carbons (Fsp3) is 0.520. The summed E-state index contributed by atoms with van der Waals surface area (Å²) in [5.41, 5.74) is 9.41. The smallest absolute Gasteiger partial charge is 0.0210 e. The SMILES string of the molecule is CCC1(CC)c2ccc(C(C)(C)C)cc2-c2cc(C(C)(C)C)ccc21. The van der Waals surface area contributed by atoms with Crippen LogP contribution >= 0.6 is 0 Å². The van der Waals surface area contributed by atoms with Crippen LogP contribution in [-0.2, 0) is 16.2 Å². The van der Waals surface area contributed by atoms with Crippen LogP contribution in [0.15, 0.2) is 36.4 Å². The maximum Gasteiger partial charge on any atom is 0.0210 e. The molecule has 1 aliphatic carbocycles. The molecule has 0 amide bonds. The fourth-order valence-corrected chi connectivity index (χ4v) is 4.46. The number of fused-ring (bicyclic) bond motifs is 3. The molecule has 0 fully saturated rings. The molecule has 2 aromatic rings. The Kier molecular flexibility index (Phi) is 4.18. The van der Waals surface area contributed by atoms with E-state index in [0.29, 0.717) is 0 Å². The third-order valence-electron chi connectivity index (χ3n) is 6.30. The Morgan fingerprint density at radius 1 is 0.640 bits per heavy atom. The Morgan fingerprint density at radius 2 is 1.00 bits per heavy atom. The highest BCUT2D eigenvalue weighted by molar-refractivity contribution is 5.82. The van der Waals surface area contributed by atoms with E-state index in [-0.39, 0.29) is 16.2 Å². The van der Waals surface area contributed by atoms with E-state index >= 15 is 0 Å². The molecule has 0 N–H and O–H groups in total. The molecule has 0 bridgehead atoms. The molecule has 2 aromatic carbocycles. The average molecular weight is 335 g/mol. The third-order valence-corrected chi connectivity index (χ3v) is 6.30. The van der Waals surface area contributed by atoms with E-state index in [1.54, 1.807) is 0 Å². The van der Waals surface area contributed by atoms with Crippen LogP contribution in [0.2, 0.25) is 0 Å². The largest absolute Gasteiger partial charge is 0.0642 e. The average Bonchev–Trinajstić information content (AvgIpc) is 2.82. The van der Waals surface area contributed by atoms with Crippen molar-refractivity contribution < 1.29 is 0 Å². The van der Waals surface area contributed by atoms with E-state index in [4.69, 9.17) is 0 Å². The van der Waals surface area contributed by atoms with E-state index in [2.05, 4.69) is 91.8 Å². The van der Waals surface area contributed by atoms with Gasteiger partial charge in [-0.25, -0.2) is 0 Å². The van der Waals surface area contributed by atoms with Gasteiger partial charge in [0.2, 0.25) is 0 Å². The Morgan fingerprint density at radius 3 is 1.28 bits per heavy atom. The molecular formula is C25H34. The molecular weight excluding hydrogens is 300 g/mol. The fourth-order valence-electron chi connectivity index (χ4n) is 4.46. The molecule has 134 valence electrons. The lowest BCUT2D eigenvalue weighted by Gasteiger charge is -2.30. The summed E-state index contributed by atoms with van der Waals surface area (Å²) in [4.78, 5) is 0. The highest BCUT2D eigenvalue weighted by atomic mass is 14.4. The van der Waals surface area contributed by atoms with Gasteiger partial charge in [0.1, 0.15) is 0 Å². The van der Waals surface area contributed by atoms with Crippen LogP contribution in [0.5, 0.6) is 0 Å². The number of hydrogen-bond donors (Lipinski definition) is 0. The van der Waals surface area contributed by atoms with E-state index in [1.807, 2.05) is 0 Å². The summed E-state index contributed by atoms with van der Waals surface area (Å²) in [6, 6.07) is 14.5. The van der Waals surface area contributed by atoms with Gasteiger partial charge in [0.25, 0.3) is 0 Å². The van der Waals surface area contributed by atoms with Gasteiger partial charge in [0.15, 0.2) is 0 Å². The van der Waals surface area contributed by atoms with Gasteiger partial charge in [-0.15, -0.1) is 0 Å². The quantitative estimate of drug-likeness (QED) is 0.538.